The summed E-state index contributed by atoms with van der Waals surface area (Å²) < 4.78 is 6.91. The minimum absolute atomic E-state index is 0.0136. The second kappa shape index (κ2) is 6.86. The average Bonchev–Trinajstić information content (AvgIpc) is 2.46. The van der Waals surface area contributed by atoms with Crippen LogP contribution in [0.1, 0.15) is 5.69 Å². The maximum atomic E-state index is 10.7. The molecule has 8 heteroatoms. The minimum Gasteiger partial charge on any atom is -0.494 e. The van der Waals surface area contributed by atoms with E-state index in [-0.39, 0.29) is 5.69 Å². The van der Waals surface area contributed by atoms with Crippen LogP contribution in [0.4, 0.5) is 11.4 Å². The van der Waals surface area contributed by atoms with Crippen molar-refractivity contribution in [3.8, 4) is 5.75 Å². The van der Waals surface area contributed by atoms with Crippen LogP contribution in [0.5, 0.6) is 5.75 Å². The summed E-state index contributed by atoms with van der Waals surface area (Å²) in [5, 5.41) is 13.9. The number of nitro benzene ring substituents is 1. The highest BCUT2D eigenvalue weighted by molar-refractivity contribution is 9.11. The van der Waals surface area contributed by atoms with Gasteiger partial charge in [-0.3, -0.25) is 15.1 Å². The van der Waals surface area contributed by atoms with Gasteiger partial charge in [-0.25, -0.2) is 0 Å². The highest BCUT2D eigenvalue weighted by Crippen LogP contribution is 2.30. The molecule has 2 rings (SSSR count). The van der Waals surface area contributed by atoms with Crippen LogP contribution in [0.3, 0.4) is 0 Å². The summed E-state index contributed by atoms with van der Waals surface area (Å²) in [4.78, 5) is 14.6. The minimum atomic E-state index is -0.459. The lowest BCUT2D eigenvalue weighted by molar-refractivity contribution is -0.384. The molecule has 21 heavy (non-hydrogen) atoms. The van der Waals surface area contributed by atoms with Gasteiger partial charge in [-0.1, -0.05) is 0 Å². The first kappa shape index (κ1) is 15.7. The molecule has 0 unspecified atom stereocenters. The maximum Gasteiger partial charge on any atom is 0.273 e. The van der Waals surface area contributed by atoms with Crippen LogP contribution in [0.15, 0.2) is 39.4 Å². The highest BCUT2D eigenvalue weighted by atomic mass is 79.9. The number of pyridine rings is 1. The molecule has 0 aliphatic heterocycles. The third-order valence-corrected chi connectivity index (χ3v) is 3.85. The SMILES string of the molecule is COc1cc([N+](=O)[O-])ccc1NCc1ncc(Br)cc1Br. The van der Waals surface area contributed by atoms with Gasteiger partial charge in [0.25, 0.3) is 5.69 Å². The number of non-ortho nitro benzene ring substituents is 1. The van der Waals surface area contributed by atoms with Gasteiger partial charge < -0.3 is 10.1 Å². The number of nitrogens with zero attached hydrogens (tertiary/aromatic N) is 2. The predicted octanol–water partition coefficient (Wildman–Crippen LogP) is 4.14. The number of benzene rings is 1. The van der Waals surface area contributed by atoms with Crippen molar-refractivity contribution in [3.63, 3.8) is 0 Å². The van der Waals surface area contributed by atoms with E-state index >= 15 is 0 Å². The third-order valence-electron chi connectivity index (χ3n) is 2.73. The molecule has 0 aliphatic rings. The Balaban J connectivity index is 2.17. The molecule has 0 saturated heterocycles. The summed E-state index contributed by atoms with van der Waals surface area (Å²) in [6, 6.07) is 6.32. The molecule has 0 aliphatic carbocycles. The predicted molar refractivity (Wildman–Crippen MR) is 86.6 cm³/mol. The number of methoxy groups -OCH3 is 1. The summed E-state index contributed by atoms with van der Waals surface area (Å²) in [7, 11) is 1.47. The van der Waals surface area contributed by atoms with E-state index in [9.17, 15) is 10.1 Å². The number of nitrogens with one attached hydrogen (secondary N) is 1. The Morgan fingerprint density at radius 3 is 2.76 bits per heavy atom. The fourth-order valence-corrected chi connectivity index (χ4v) is 2.82. The number of nitro groups is 1. The van der Waals surface area contributed by atoms with Gasteiger partial charge in [-0.05, 0) is 44.0 Å². The molecular weight excluding hydrogens is 406 g/mol. The van der Waals surface area contributed by atoms with Crippen molar-refractivity contribution in [1.82, 2.24) is 4.98 Å². The normalized spacial score (nSPS) is 10.2. The summed E-state index contributed by atoms with van der Waals surface area (Å²) in [6.07, 6.45) is 1.70. The van der Waals surface area contributed by atoms with E-state index in [4.69, 9.17) is 4.74 Å². The Morgan fingerprint density at radius 2 is 2.14 bits per heavy atom. The van der Waals surface area contributed by atoms with Gasteiger partial charge in [0, 0.05) is 21.2 Å². The molecule has 1 aromatic carbocycles. The summed E-state index contributed by atoms with van der Waals surface area (Å²) in [5.41, 5.74) is 1.47. The second-order valence-corrected chi connectivity index (χ2v) is 5.85. The zero-order chi connectivity index (χ0) is 15.4. The van der Waals surface area contributed by atoms with Crippen LogP contribution in [-0.4, -0.2) is 17.0 Å². The van der Waals surface area contributed by atoms with Gasteiger partial charge in [0.05, 0.1) is 36.0 Å². The van der Waals surface area contributed by atoms with E-state index in [1.54, 1.807) is 12.3 Å². The van der Waals surface area contributed by atoms with E-state index in [0.29, 0.717) is 18.0 Å². The fraction of sp³-hybridized carbons (Fsp3) is 0.154. The first-order valence-electron chi connectivity index (χ1n) is 5.87. The molecule has 6 nitrogen and oxygen atoms in total. The Bertz CT molecular complexity index is 680. The molecule has 1 heterocycles. The molecule has 0 bridgehead atoms. The van der Waals surface area contributed by atoms with E-state index < -0.39 is 4.92 Å². The molecule has 110 valence electrons. The number of rotatable bonds is 5. The largest absolute Gasteiger partial charge is 0.494 e. The summed E-state index contributed by atoms with van der Waals surface area (Å²) in [6.45, 7) is 0.460. The number of hydrogen-bond acceptors (Lipinski definition) is 5. The van der Waals surface area contributed by atoms with E-state index in [1.165, 1.54) is 19.2 Å². The lowest BCUT2D eigenvalue weighted by atomic mass is 10.2. The van der Waals surface area contributed by atoms with Gasteiger partial charge in [-0.15, -0.1) is 0 Å². The molecule has 1 N–H and O–H groups in total. The fourth-order valence-electron chi connectivity index (χ4n) is 1.69. The summed E-state index contributed by atoms with van der Waals surface area (Å²) in [5.74, 6) is 0.414. The van der Waals surface area contributed by atoms with E-state index in [2.05, 4.69) is 42.2 Å². The van der Waals surface area contributed by atoms with Gasteiger partial charge in [0.2, 0.25) is 0 Å². The lowest BCUT2D eigenvalue weighted by Crippen LogP contribution is -2.04. The number of hydrogen-bond donors (Lipinski definition) is 1. The molecule has 0 radical (unpaired) electrons. The van der Waals surface area contributed by atoms with Crippen LogP contribution in [0.2, 0.25) is 0 Å². The van der Waals surface area contributed by atoms with Crippen LogP contribution < -0.4 is 10.1 Å². The van der Waals surface area contributed by atoms with Crippen molar-refractivity contribution in [2.45, 2.75) is 6.54 Å². The Labute approximate surface area is 137 Å². The summed E-state index contributed by atoms with van der Waals surface area (Å²) >= 11 is 6.77. The zero-order valence-electron chi connectivity index (χ0n) is 11.0. The lowest BCUT2D eigenvalue weighted by Gasteiger charge is -2.11. The Hall–Kier alpha value is -1.67. The maximum absolute atomic E-state index is 10.7. The molecule has 0 spiro atoms. The Kier molecular flexibility index (Phi) is 5.13. The van der Waals surface area contributed by atoms with Crippen molar-refractivity contribution in [3.05, 3.63) is 55.2 Å². The quantitative estimate of drug-likeness (QED) is 0.585. The second-order valence-electron chi connectivity index (χ2n) is 4.08. The molecular formula is C13H11Br2N3O3. The number of anilines is 1. The zero-order valence-corrected chi connectivity index (χ0v) is 14.1. The van der Waals surface area contributed by atoms with Gasteiger partial charge in [0.1, 0.15) is 5.75 Å². The van der Waals surface area contributed by atoms with Gasteiger partial charge >= 0.3 is 0 Å². The average molecular weight is 417 g/mol. The van der Waals surface area contributed by atoms with Crippen molar-refractivity contribution in [1.29, 1.82) is 0 Å². The molecule has 0 fully saturated rings. The molecule has 0 atom stereocenters. The van der Waals surface area contributed by atoms with Crippen LogP contribution in [0, 0.1) is 10.1 Å². The van der Waals surface area contributed by atoms with Crippen LogP contribution >= 0.6 is 31.9 Å². The molecule has 0 amide bonds. The first-order chi connectivity index (χ1) is 10.0. The number of halogens is 2. The number of ether oxygens (including phenoxy) is 1. The van der Waals surface area contributed by atoms with Crippen molar-refractivity contribution in [2.75, 3.05) is 12.4 Å². The van der Waals surface area contributed by atoms with E-state index in [1.807, 2.05) is 6.07 Å². The topological polar surface area (TPSA) is 77.3 Å². The number of aromatic nitrogens is 1. The molecule has 1 aromatic heterocycles. The van der Waals surface area contributed by atoms with Gasteiger partial charge in [-0.2, -0.15) is 0 Å². The standard InChI is InChI=1S/C13H11Br2N3O3/c1-21-13-5-9(18(19)20)2-3-11(13)17-7-12-10(15)4-8(14)6-16-12/h2-6,17H,7H2,1H3. The highest BCUT2D eigenvalue weighted by Gasteiger charge is 2.11. The van der Waals surface area contributed by atoms with E-state index in [0.717, 1.165) is 14.6 Å². The molecule has 2 aromatic rings. The third kappa shape index (κ3) is 3.92. The van der Waals surface area contributed by atoms with Crippen molar-refractivity contribution in [2.24, 2.45) is 0 Å². The van der Waals surface area contributed by atoms with Crippen molar-refractivity contribution < 1.29 is 9.66 Å². The van der Waals surface area contributed by atoms with Crippen LogP contribution in [-0.2, 0) is 6.54 Å². The van der Waals surface area contributed by atoms with Crippen LogP contribution in [0.25, 0.3) is 0 Å². The first-order valence-corrected chi connectivity index (χ1v) is 7.46. The van der Waals surface area contributed by atoms with Gasteiger partial charge in [0.15, 0.2) is 0 Å². The van der Waals surface area contributed by atoms with Crippen molar-refractivity contribution >= 4 is 43.2 Å². The molecule has 0 saturated carbocycles. The Morgan fingerprint density at radius 1 is 1.38 bits per heavy atom. The monoisotopic (exact) mass is 415 g/mol. The smallest absolute Gasteiger partial charge is 0.273 e.